The maximum absolute atomic E-state index is 5.87. The van der Waals surface area contributed by atoms with Gasteiger partial charge in [0.05, 0.1) is 12.2 Å². The molecule has 88 valence electrons. The van der Waals surface area contributed by atoms with Gasteiger partial charge in [-0.1, -0.05) is 23.7 Å². The first-order chi connectivity index (χ1) is 7.55. The molecule has 0 saturated carbocycles. The van der Waals surface area contributed by atoms with Gasteiger partial charge in [-0.25, -0.2) is 0 Å². The van der Waals surface area contributed by atoms with E-state index in [9.17, 15) is 0 Å². The highest BCUT2D eigenvalue weighted by atomic mass is 35.5. The largest absolute Gasteiger partial charge is 0.373 e. The van der Waals surface area contributed by atoms with E-state index < -0.39 is 0 Å². The molecule has 0 N–H and O–H groups in total. The van der Waals surface area contributed by atoms with Crippen molar-refractivity contribution >= 4 is 11.6 Å². The molecule has 1 aliphatic heterocycles. The average molecular weight is 240 g/mol. The van der Waals surface area contributed by atoms with Crippen molar-refractivity contribution in [2.75, 3.05) is 19.7 Å². The zero-order valence-corrected chi connectivity index (χ0v) is 10.6. The summed E-state index contributed by atoms with van der Waals surface area (Å²) in [6.07, 6.45) is 0. The Morgan fingerprint density at radius 1 is 1.31 bits per heavy atom. The fourth-order valence-electron chi connectivity index (χ4n) is 2.10. The molecule has 2 nitrogen and oxygen atoms in total. The van der Waals surface area contributed by atoms with E-state index in [1.807, 2.05) is 12.1 Å². The lowest BCUT2D eigenvalue weighted by Crippen LogP contribution is -2.47. The van der Waals surface area contributed by atoms with Gasteiger partial charge in [0.15, 0.2) is 0 Å². The van der Waals surface area contributed by atoms with Crippen LogP contribution in [0.2, 0.25) is 5.02 Å². The van der Waals surface area contributed by atoms with Crippen LogP contribution in [0.3, 0.4) is 0 Å². The number of morpholine rings is 1. The van der Waals surface area contributed by atoms with Crippen molar-refractivity contribution < 1.29 is 4.74 Å². The third kappa shape index (κ3) is 3.21. The van der Waals surface area contributed by atoms with Crippen molar-refractivity contribution in [3.8, 4) is 0 Å². The molecule has 0 atom stereocenters. The van der Waals surface area contributed by atoms with E-state index in [0.29, 0.717) is 0 Å². The Hall–Kier alpha value is -0.570. The summed E-state index contributed by atoms with van der Waals surface area (Å²) in [6.45, 7) is 8.06. The van der Waals surface area contributed by atoms with Crippen LogP contribution in [0.15, 0.2) is 24.3 Å². The number of ether oxygens (including phenoxy) is 1. The Morgan fingerprint density at radius 3 is 2.62 bits per heavy atom. The molecule has 1 heterocycles. The molecule has 0 bridgehead atoms. The molecule has 0 aliphatic carbocycles. The molecule has 0 unspecified atom stereocenters. The normalized spacial score (nSPS) is 20.9. The van der Waals surface area contributed by atoms with Crippen LogP contribution in [-0.2, 0) is 11.3 Å². The molecule has 16 heavy (non-hydrogen) atoms. The van der Waals surface area contributed by atoms with Gasteiger partial charge in [-0.2, -0.15) is 0 Å². The van der Waals surface area contributed by atoms with Crippen molar-refractivity contribution in [2.45, 2.75) is 26.0 Å². The van der Waals surface area contributed by atoms with Crippen LogP contribution in [-0.4, -0.2) is 30.2 Å². The van der Waals surface area contributed by atoms with E-state index in [1.54, 1.807) is 0 Å². The lowest BCUT2D eigenvalue weighted by molar-refractivity contribution is -0.0882. The highest BCUT2D eigenvalue weighted by Gasteiger charge is 2.26. The minimum atomic E-state index is -0.0231. The van der Waals surface area contributed by atoms with Crippen LogP contribution < -0.4 is 0 Å². The van der Waals surface area contributed by atoms with Gasteiger partial charge in [-0.15, -0.1) is 0 Å². The summed E-state index contributed by atoms with van der Waals surface area (Å²) < 4.78 is 5.69. The van der Waals surface area contributed by atoms with Gasteiger partial charge >= 0.3 is 0 Å². The van der Waals surface area contributed by atoms with Crippen molar-refractivity contribution in [1.82, 2.24) is 4.90 Å². The topological polar surface area (TPSA) is 12.5 Å². The second kappa shape index (κ2) is 4.74. The minimum absolute atomic E-state index is 0.0231. The summed E-state index contributed by atoms with van der Waals surface area (Å²) in [4.78, 5) is 2.42. The molecule has 1 aromatic carbocycles. The molecule has 0 spiro atoms. The van der Waals surface area contributed by atoms with Crippen LogP contribution in [0.25, 0.3) is 0 Å². The Labute approximate surface area is 102 Å². The standard InChI is InChI=1S/C13H18ClNO/c1-13(2)10-15(7-8-16-13)9-11-3-5-12(14)6-4-11/h3-6H,7-10H2,1-2H3. The Kier molecular flexibility index (Phi) is 3.53. The Balaban J connectivity index is 1.97. The van der Waals surface area contributed by atoms with Crippen LogP contribution in [0.5, 0.6) is 0 Å². The number of benzene rings is 1. The summed E-state index contributed by atoms with van der Waals surface area (Å²) >= 11 is 5.87. The smallest absolute Gasteiger partial charge is 0.0753 e. The first-order valence-electron chi connectivity index (χ1n) is 5.66. The number of halogens is 1. The predicted molar refractivity (Wildman–Crippen MR) is 66.8 cm³/mol. The molecule has 3 heteroatoms. The predicted octanol–water partition coefficient (Wildman–Crippen LogP) is 2.95. The molecule has 0 amide bonds. The number of hydrogen-bond donors (Lipinski definition) is 0. The zero-order valence-electron chi connectivity index (χ0n) is 9.87. The molecule has 2 rings (SSSR count). The maximum Gasteiger partial charge on any atom is 0.0753 e. The van der Waals surface area contributed by atoms with Gasteiger partial charge in [0, 0.05) is 24.7 Å². The van der Waals surface area contributed by atoms with Gasteiger partial charge in [-0.05, 0) is 31.5 Å². The molecule has 0 aromatic heterocycles. The summed E-state index contributed by atoms with van der Waals surface area (Å²) in [5.74, 6) is 0. The van der Waals surface area contributed by atoms with Crippen molar-refractivity contribution in [3.05, 3.63) is 34.9 Å². The van der Waals surface area contributed by atoms with Crippen molar-refractivity contribution in [1.29, 1.82) is 0 Å². The van der Waals surface area contributed by atoms with Crippen molar-refractivity contribution in [2.24, 2.45) is 0 Å². The number of hydrogen-bond acceptors (Lipinski definition) is 2. The van der Waals surface area contributed by atoms with Gasteiger partial charge in [0.2, 0.25) is 0 Å². The summed E-state index contributed by atoms with van der Waals surface area (Å²) in [5, 5.41) is 0.797. The molecule has 1 aromatic rings. The van der Waals surface area contributed by atoms with Gasteiger partial charge in [-0.3, -0.25) is 4.90 Å². The lowest BCUT2D eigenvalue weighted by Gasteiger charge is -2.38. The fourth-order valence-corrected chi connectivity index (χ4v) is 2.22. The zero-order chi connectivity index (χ0) is 11.6. The minimum Gasteiger partial charge on any atom is -0.373 e. The van der Waals surface area contributed by atoms with E-state index in [2.05, 4.69) is 30.9 Å². The second-order valence-corrected chi connectivity index (χ2v) is 5.38. The Bertz CT molecular complexity index is 347. The number of rotatable bonds is 2. The van der Waals surface area contributed by atoms with E-state index >= 15 is 0 Å². The molecule has 1 saturated heterocycles. The molecular formula is C13H18ClNO. The summed E-state index contributed by atoms with van der Waals surface area (Å²) in [5.41, 5.74) is 1.28. The van der Waals surface area contributed by atoms with Crippen LogP contribution in [0.1, 0.15) is 19.4 Å². The molecule has 0 radical (unpaired) electrons. The van der Waals surface area contributed by atoms with Crippen LogP contribution >= 0.6 is 11.6 Å². The van der Waals surface area contributed by atoms with Crippen LogP contribution in [0, 0.1) is 0 Å². The molecule has 1 fully saturated rings. The monoisotopic (exact) mass is 239 g/mol. The molecular weight excluding hydrogens is 222 g/mol. The van der Waals surface area contributed by atoms with E-state index in [0.717, 1.165) is 31.3 Å². The van der Waals surface area contributed by atoms with Crippen LogP contribution in [0.4, 0.5) is 0 Å². The number of nitrogens with zero attached hydrogens (tertiary/aromatic N) is 1. The second-order valence-electron chi connectivity index (χ2n) is 4.95. The SMILES string of the molecule is CC1(C)CN(Cc2ccc(Cl)cc2)CCO1. The van der Waals surface area contributed by atoms with Crippen molar-refractivity contribution in [3.63, 3.8) is 0 Å². The molecule has 1 aliphatic rings. The fraction of sp³-hybridized carbons (Fsp3) is 0.538. The summed E-state index contributed by atoms with van der Waals surface area (Å²) in [7, 11) is 0. The maximum atomic E-state index is 5.87. The van der Waals surface area contributed by atoms with E-state index in [1.165, 1.54) is 5.56 Å². The van der Waals surface area contributed by atoms with Gasteiger partial charge < -0.3 is 4.74 Å². The van der Waals surface area contributed by atoms with E-state index in [-0.39, 0.29) is 5.60 Å². The quantitative estimate of drug-likeness (QED) is 0.787. The van der Waals surface area contributed by atoms with E-state index in [4.69, 9.17) is 16.3 Å². The highest BCUT2D eigenvalue weighted by molar-refractivity contribution is 6.30. The third-order valence-electron chi connectivity index (χ3n) is 2.82. The average Bonchev–Trinajstić information content (AvgIpc) is 2.20. The van der Waals surface area contributed by atoms with Gasteiger partial charge in [0.1, 0.15) is 0 Å². The summed E-state index contributed by atoms with van der Waals surface area (Å²) in [6, 6.07) is 8.07. The highest BCUT2D eigenvalue weighted by Crippen LogP contribution is 2.19. The first kappa shape index (κ1) is 11.9. The first-order valence-corrected chi connectivity index (χ1v) is 6.04. The Morgan fingerprint density at radius 2 is 2.00 bits per heavy atom. The van der Waals surface area contributed by atoms with Gasteiger partial charge in [0.25, 0.3) is 0 Å². The lowest BCUT2D eigenvalue weighted by atomic mass is 10.1. The third-order valence-corrected chi connectivity index (χ3v) is 3.08.